The Hall–Kier alpha value is -1.58. The quantitative estimate of drug-likeness (QED) is 0.745. The van der Waals surface area contributed by atoms with Gasteiger partial charge in [0.1, 0.15) is 0 Å². The van der Waals surface area contributed by atoms with Crippen LogP contribution in [0.15, 0.2) is 25.3 Å². The first-order chi connectivity index (χ1) is 9.10. The van der Waals surface area contributed by atoms with E-state index in [1.54, 1.807) is 17.1 Å². The lowest BCUT2D eigenvalue weighted by atomic mass is 9.78. The third kappa shape index (κ3) is 2.44. The number of carboxylic acids is 1. The van der Waals surface area contributed by atoms with E-state index in [9.17, 15) is 14.7 Å². The van der Waals surface area contributed by atoms with Gasteiger partial charge in [0, 0.05) is 13.1 Å². The molecule has 2 bridgehead atoms. The second-order valence-electron chi connectivity index (χ2n) is 5.54. The Morgan fingerprint density at radius 2 is 1.63 bits per heavy atom. The molecular weight excluding hydrogens is 242 g/mol. The number of carbonyl (C=O) groups is 2. The second kappa shape index (κ2) is 5.59. The number of carboxylic acid groups (broad SMARTS) is 1. The summed E-state index contributed by atoms with van der Waals surface area (Å²) < 4.78 is 0. The fraction of sp³-hybridized carbons (Fsp3) is 0.600. The summed E-state index contributed by atoms with van der Waals surface area (Å²) in [5.41, 5.74) is 0. The van der Waals surface area contributed by atoms with Gasteiger partial charge in [-0.1, -0.05) is 12.2 Å². The highest BCUT2D eigenvalue weighted by Crippen LogP contribution is 2.52. The molecule has 0 aliphatic heterocycles. The van der Waals surface area contributed by atoms with Crippen molar-refractivity contribution in [3.63, 3.8) is 0 Å². The van der Waals surface area contributed by atoms with Crippen LogP contribution in [0.2, 0.25) is 0 Å². The van der Waals surface area contributed by atoms with Crippen molar-refractivity contribution >= 4 is 11.9 Å². The van der Waals surface area contributed by atoms with Crippen LogP contribution in [0.1, 0.15) is 19.3 Å². The van der Waals surface area contributed by atoms with Crippen molar-refractivity contribution in [3.05, 3.63) is 25.3 Å². The maximum absolute atomic E-state index is 12.6. The minimum atomic E-state index is -0.817. The molecule has 0 radical (unpaired) electrons. The Labute approximate surface area is 113 Å². The zero-order valence-corrected chi connectivity index (χ0v) is 11.1. The fourth-order valence-corrected chi connectivity index (χ4v) is 3.78. The summed E-state index contributed by atoms with van der Waals surface area (Å²) in [6.45, 7) is 8.20. The van der Waals surface area contributed by atoms with Crippen LogP contribution in [0, 0.1) is 23.7 Å². The van der Waals surface area contributed by atoms with Crippen molar-refractivity contribution in [2.24, 2.45) is 23.7 Å². The highest BCUT2D eigenvalue weighted by Gasteiger charge is 2.54. The normalized spacial score (nSPS) is 32.0. The molecule has 0 aromatic carbocycles. The van der Waals surface area contributed by atoms with E-state index in [0.29, 0.717) is 13.1 Å². The predicted molar refractivity (Wildman–Crippen MR) is 72.4 cm³/mol. The summed E-state index contributed by atoms with van der Waals surface area (Å²) in [7, 11) is 0. The first-order valence-corrected chi connectivity index (χ1v) is 6.83. The molecule has 2 saturated carbocycles. The highest BCUT2D eigenvalue weighted by atomic mass is 16.4. The Kier molecular flexibility index (Phi) is 4.08. The molecule has 0 heterocycles. The van der Waals surface area contributed by atoms with Crippen LogP contribution in [0.4, 0.5) is 0 Å². The average Bonchev–Trinajstić information content (AvgIpc) is 2.97. The topological polar surface area (TPSA) is 57.6 Å². The smallest absolute Gasteiger partial charge is 0.307 e. The van der Waals surface area contributed by atoms with Gasteiger partial charge in [0.15, 0.2) is 0 Å². The first-order valence-electron chi connectivity index (χ1n) is 6.83. The van der Waals surface area contributed by atoms with E-state index in [4.69, 9.17) is 0 Å². The number of aliphatic carboxylic acids is 1. The maximum atomic E-state index is 12.6. The van der Waals surface area contributed by atoms with Gasteiger partial charge in [0.2, 0.25) is 5.91 Å². The maximum Gasteiger partial charge on any atom is 0.307 e. The summed E-state index contributed by atoms with van der Waals surface area (Å²) in [5, 5.41) is 9.39. The van der Waals surface area contributed by atoms with Gasteiger partial charge in [-0.15, -0.1) is 13.2 Å². The molecule has 0 saturated heterocycles. The molecule has 0 unspecified atom stereocenters. The van der Waals surface area contributed by atoms with E-state index >= 15 is 0 Å². The number of fused-ring (bicyclic) bond motifs is 2. The third-order valence-electron chi connectivity index (χ3n) is 4.50. The van der Waals surface area contributed by atoms with Crippen LogP contribution in [-0.4, -0.2) is 35.0 Å². The standard InChI is InChI=1S/C15H21NO3/c1-3-7-16(8-4-2)14(17)12-10-5-6-11(9-10)13(12)15(18)19/h3-4,10-13H,1-2,5-9H2,(H,18,19)/t10-,11-,12-,13+/m0/s1. The molecule has 4 atom stereocenters. The van der Waals surface area contributed by atoms with Gasteiger partial charge in [0.05, 0.1) is 11.8 Å². The van der Waals surface area contributed by atoms with Crippen molar-refractivity contribution < 1.29 is 14.7 Å². The molecule has 1 N–H and O–H groups in total. The van der Waals surface area contributed by atoms with Gasteiger partial charge < -0.3 is 10.0 Å². The van der Waals surface area contributed by atoms with Gasteiger partial charge in [-0.3, -0.25) is 9.59 Å². The Balaban J connectivity index is 2.18. The molecular formula is C15H21NO3. The van der Waals surface area contributed by atoms with Crippen molar-refractivity contribution in [2.75, 3.05) is 13.1 Å². The number of hydrogen-bond acceptors (Lipinski definition) is 2. The minimum absolute atomic E-state index is 0.0422. The lowest BCUT2D eigenvalue weighted by molar-refractivity contribution is -0.152. The number of carbonyl (C=O) groups excluding carboxylic acids is 1. The van der Waals surface area contributed by atoms with Crippen LogP contribution in [-0.2, 0) is 9.59 Å². The monoisotopic (exact) mass is 263 g/mol. The van der Waals surface area contributed by atoms with Gasteiger partial charge in [-0.2, -0.15) is 0 Å². The molecule has 0 aromatic heterocycles. The zero-order chi connectivity index (χ0) is 14.0. The summed E-state index contributed by atoms with van der Waals surface area (Å²) in [5.74, 6) is -1.27. The number of rotatable bonds is 6. The van der Waals surface area contributed by atoms with Crippen LogP contribution in [0.5, 0.6) is 0 Å². The SMILES string of the molecule is C=CCN(CC=C)C(=O)[C@H]1[C@H]2CC[C@@H](C2)[C@H]1C(=O)O. The summed E-state index contributed by atoms with van der Waals surface area (Å²) in [6, 6.07) is 0. The van der Waals surface area contributed by atoms with Crippen LogP contribution in [0.25, 0.3) is 0 Å². The largest absolute Gasteiger partial charge is 0.481 e. The van der Waals surface area contributed by atoms with Crippen molar-refractivity contribution in [2.45, 2.75) is 19.3 Å². The summed E-state index contributed by atoms with van der Waals surface area (Å²) in [6.07, 6.45) is 6.17. The second-order valence-corrected chi connectivity index (χ2v) is 5.54. The van der Waals surface area contributed by atoms with E-state index in [1.807, 2.05) is 0 Å². The number of hydrogen-bond donors (Lipinski definition) is 1. The van der Waals surface area contributed by atoms with Crippen molar-refractivity contribution in [1.29, 1.82) is 0 Å². The Morgan fingerprint density at radius 3 is 2.11 bits per heavy atom. The lowest BCUT2D eigenvalue weighted by Crippen LogP contribution is -2.43. The highest BCUT2D eigenvalue weighted by molar-refractivity contribution is 5.86. The minimum Gasteiger partial charge on any atom is -0.481 e. The molecule has 1 amide bonds. The number of amides is 1. The molecule has 2 rings (SSSR count). The van der Waals surface area contributed by atoms with Gasteiger partial charge in [-0.05, 0) is 31.1 Å². The third-order valence-corrected chi connectivity index (χ3v) is 4.50. The van der Waals surface area contributed by atoms with Gasteiger partial charge in [-0.25, -0.2) is 0 Å². The lowest BCUT2D eigenvalue weighted by Gasteiger charge is -2.31. The van der Waals surface area contributed by atoms with E-state index in [-0.39, 0.29) is 23.7 Å². The molecule has 4 heteroatoms. The molecule has 104 valence electrons. The molecule has 19 heavy (non-hydrogen) atoms. The Morgan fingerprint density at radius 1 is 1.11 bits per heavy atom. The summed E-state index contributed by atoms with van der Waals surface area (Å²) >= 11 is 0. The average molecular weight is 263 g/mol. The van der Waals surface area contributed by atoms with Gasteiger partial charge >= 0.3 is 5.97 Å². The molecule has 2 aliphatic carbocycles. The number of nitrogens with zero attached hydrogens (tertiary/aromatic N) is 1. The van der Waals surface area contributed by atoms with Crippen molar-refractivity contribution in [1.82, 2.24) is 4.90 Å². The van der Waals surface area contributed by atoms with Crippen molar-refractivity contribution in [3.8, 4) is 0 Å². The molecule has 2 aliphatic rings. The van der Waals surface area contributed by atoms with E-state index in [1.165, 1.54) is 0 Å². The molecule has 4 nitrogen and oxygen atoms in total. The summed E-state index contributed by atoms with van der Waals surface area (Å²) in [4.78, 5) is 25.7. The molecule has 0 spiro atoms. The van der Waals surface area contributed by atoms with E-state index in [0.717, 1.165) is 19.3 Å². The first kappa shape index (κ1) is 13.8. The van der Waals surface area contributed by atoms with E-state index < -0.39 is 11.9 Å². The van der Waals surface area contributed by atoms with Crippen LogP contribution < -0.4 is 0 Å². The van der Waals surface area contributed by atoms with Crippen LogP contribution >= 0.6 is 0 Å². The van der Waals surface area contributed by atoms with Crippen LogP contribution in [0.3, 0.4) is 0 Å². The fourth-order valence-electron chi connectivity index (χ4n) is 3.78. The predicted octanol–water partition coefficient (Wildman–Crippen LogP) is 1.93. The van der Waals surface area contributed by atoms with E-state index in [2.05, 4.69) is 13.2 Å². The van der Waals surface area contributed by atoms with Gasteiger partial charge in [0.25, 0.3) is 0 Å². The molecule has 2 fully saturated rings. The molecule has 0 aromatic rings. The Bertz CT molecular complexity index is 394. The zero-order valence-electron chi connectivity index (χ0n) is 11.1.